The minimum absolute atomic E-state index is 0.0713. The normalized spacial score (nSPS) is 14.3. The molecule has 0 aliphatic carbocycles. The highest BCUT2D eigenvalue weighted by Gasteiger charge is 2.22. The van der Waals surface area contributed by atoms with Crippen molar-refractivity contribution in [2.45, 2.75) is 187 Å². The number of rotatable bonds is 39. The van der Waals surface area contributed by atoms with Gasteiger partial charge in [0.1, 0.15) is 25.2 Å². The van der Waals surface area contributed by atoms with Gasteiger partial charge < -0.3 is 39.0 Å². The first-order valence-electron chi connectivity index (χ1n) is 21.2. The number of phosphoric acid groups is 1. The molecule has 0 bridgehead atoms. The van der Waals surface area contributed by atoms with Gasteiger partial charge in [-0.2, -0.15) is 0 Å². The Bertz CT molecular complexity index is 1120. The number of ether oxygens (including phenoxy) is 2. The Balaban J connectivity index is 4.48. The van der Waals surface area contributed by atoms with Crippen LogP contribution in [0.15, 0.2) is 48.6 Å². The molecule has 55 heavy (non-hydrogen) atoms. The fourth-order valence-corrected chi connectivity index (χ4v) is 6.25. The lowest BCUT2D eigenvalue weighted by molar-refractivity contribution is -0.441. The van der Waals surface area contributed by atoms with Crippen LogP contribution in [0.2, 0.25) is 0 Å². The third kappa shape index (κ3) is 38.1. The van der Waals surface area contributed by atoms with Gasteiger partial charge in [-0.25, -0.2) is 0 Å². The molecule has 0 spiro atoms. The van der Waals surface area contributed by atoms with Gasteiger partial charge in [0.15, 0.2) is 6.10 Å². The van der Waals surface area contributed by atoms with Crippen LogP contribution in [0.25, 0.3) is 0 Å². The maximum Gasteiger partial charge on any atom is 0.306 e. The van der Waals surface area contributed by atoms with Crippen molar-refractivity contribution in [3.05, 3.63) is 48.6 Å². The van der Waals surface area contributed by atoms with E-state index in [2.05, 4.69) is 60.6 Å². The summed E-state index contributed by atoms with van der Waals surface area (Å²) in [5.41, 5.74) is 3.23. The monoisotopic (exact) mass is 797 g/mol. The zero-order chi connectivity index (χ0) is 40.7. The minimum Gasteiger partial charge on any atom is -0.756 e. The van der Waals surface area contributed by atoms with Crippen molar-refractivity contribution in [2.24, 2.45) is 0 Å². The van der Waals surface area contributed by atoms with Crippen LogP contribution in [0.5, 0.6) is 0 Å². The summed E-state index contributed by atoms with van der Waals surface area (Å²) in [6.07, 6.45) is 41.6. The fraction of sp³-hybridized carbons (Fsp3) is 0.744. The summed E-state index contributed by atoms with van der Waals surface area (Å²) < 4.78 is 32.3. The molecule has 1 unspecified atom stereocenters. The molecule has 0 aromatic rings. The van der Waals surface area contributed by atoms with E-state index >= 15 is 0 Å². The second kappa shape index (κ2) is 38.3. The van der Waals surface area contributed by atoms with Gasteiger partial charge in [-0.3, -0.25) is 14.2 Å². The number of hydrogen-bond donors (Lipinski definition) is 1. The number of hydrogen-bond acceptors (Lipinski definition) is 10. The number of carboxylic acids is 1. The van der Waals surface area contributed by atoms with Crippen LogP contribution in [-0.2, 0) is 37.5 Å². The molecule has 0 rings (SSSR count). The molecular weight excluding hydrogens is 721 g/mol. The van der Waals surface area contributed by atoms with Crippen molar-refractivity contribution in [1.82, 2.24) is 0 Å². The van der Waals surface area contributed by atoms with Gasteiger partial charge in [-0.1, -0.05) is 159 Å². The Morgan fingerprint density at radius 2 is 0.982 bits per heavy atom. The maximum absolute atomic E-state index is 12.6. The molecule has 11 nitrogen and oxygen atoms in total. The first kappa shape index (κ1) is 52.4. The minimum atomic E-state index is -4.97. The van der Waals surface area contributed by atoms with Gasteiger partial charge in [0.05, 0.1) is 6.61 Å². The summed E-state index contributed by atoms with van der Waals surface area (Å²) in [5, 5.41) is 10.8. The highest BCUT2D eigenvalue weighted by molar-refractivity contribution is 7.45. The van der Waals surface area contributed by atoms with Gasteiger partial charge in [-0.05, 0) is 51.4 Å². The molecule has 0 aromatic carbocycles. The molecule has 0 aliphatic heterocycles. The topological polar surface area (TPSA) is 179 Å². The van der Waals surface area contributed by atoms with Crippen LogP contribution in [0.1, 0.15) is 174 Å². The van der Waals surface area contributed by atoms with E-state index in [9.17, 15) is 28.9 Å². The highest BCUT2D eigenvalue weighted by Crippen LogP contribution is 2.38. The molecule has 12 heteroatoms. The third-order valence-electron chi connectivity index (χ3n) is 8.86. The maximum atomic E-state index is 12.6. The first-order valence-corrected chi connectivity index (χ1v) is 22.7. The van der Waals surface area contributed by atoms with Crippen LogP contribution in [0, 0.1) is 0 Å². The van der Waals surface area contributed by atoms with Gasteiger partial charge in [0, 0.05) is 12.8 Å². The molecule has 0 saturated carbocycles. The number of carbonyl (C=O) groups is 3. The molecule has 0 amide bonds. The number of carboxylic acid groups (broad SMARTS) is 1. The first-order chi connectivity index (χ1) is 26.6. The quantitative estimate of drug-likeness (QED) is 0.0275. The molecule has 0 heterocycles. The summed E-state index contributed by atoms with van der Waals surface area (Å²) in [7, 11) is -4.97. The van der Waals surface area contributed by atoms with Crippen LogP contribution in [0.3, 0.4) is 0 Å². The van der Waals surface area contributed by atoms with Crippen molar-refractivity contribution in [1.29, 1.82) is 0 Å². The predicted octanol–water partition coefficient (Wildman–Crippen LogP) is 8.32. The van der Waals surface area contributed by atoms with Gasteiger partial charge in [-0.15, -0.1) is 0 Å². The number of aliphatic carboxylic acids is 1. The zero-order valence-corrected chi connectivity index (χ0v) is 35.2. The lowest BCUT2D eigenvalue weighted by Crippen LogP contribution is -2.70. The third-order valence-corrected chi connectivity index (χ3v) is 9.79. The summed E-state index contributed by atoms with van der Waals surface area (Å²) in [6.45, 7) is 2.61. The van der Waals surface area contributed by atoms with Crippen LogP contribution in [-0.4, -0.2) is 49.9 Å². The molecule has 318 valence electrons. The second-order valence-corrected chi connectivity index (χ2v) is 15.6. The zero-order valence-electron chi connectivity index (χ0n) is 34.3. The number of allylic oxidation sites excluding steroid dienone is 8. The SMILES string of the molecule is CCCCC/C=C\C/C=C\C/C=C\C/C=C\CCCC(=O)O[C@H](COC(=O)CCCCCCCCCCCCCCCC)COP(=O)([O-])OC[C@H]([NH3+])C(=O)[O-]. The molecule has 3 atom stereocenters. The molecule has 0 radical (unpaired) electrons. The van der Waals surface area contributed by atoms with Crippen molar-refractivity contribution < 1.29 is 53.2 Å². The predicted molar refractivity (Wildman–Crippen MR) is 215 cm³/mol. The number of esters is 2. The largest absolute Gasteiger partial charge is 0.756 e. The fourth-order valence-electron chi connectivity index (χ4n) is 5.47. The Hall–Kier alpha value is -2.56. The molecule has 0 aliphatic rings. The molecule has 3 N–H and O–H groups in total. The average molecular weight is 797 g/mol. The van der Waals surface area contributed by atoms with E-state index in [1.54, 1.807) is 0 Å². The number of carbonyl (C=O) groups excluding carboxylic acids is 3. The van der Waals surface area contributed by atoms with Crippen LogP contribution >= 0.6 is 7.82 Å². The van der Waals surface area contributed by atoms with E-state index in [1.165, 1.54) is 83.5 Å². The lowest BCUT2D eigenvalue weighted by atomic mass is 10.0. The Morgan fingerprint density at radius 1 is 0.564 bits per heavy atom. The van der Waals surface area contributed by atoms with Gasteiger partial charge in [0.25, 0.3) is 7.82 Å². The smallest absolute Gasteiger partial charge is 0.306 e. The Kier molecular flexibility index (Phi) is 36.5. The molecule has 0 aromatic heterocycles. The van der Waals surface area contributed by atoms with Crippen molar-refractivity contribution in [3.8, 4) is 0 Å². The van der Waals surface area contributed by atoms with Crippen molar-refractivity contribution in [3.63, 3.8) is 0 Å². The van der Waals surface area contributed by atoms with E-state index < -0.39 is 57.7 Å². The van der Waals surface area contributed by atoms with Crippen LogP contribution in [0.4, 0.5) is 0 Å². The Morgan fingerprint density at radius 3 is 1.49 bits per heavy atom. The number of phosphoric ester groups is 1. The van der Waals surface area contributed by atoms with E-state index in [4.69, 9.17) is 14.0 Å². The summed E-state index contributed by atoms with van der Waals surface area (Å²) in [6, 6.07) is -1.43. The number of unbranched alkanes of at least 4 members (excludes halogenated alkanes) is 17. The summed E-state index contributed by atoms with van der Waals surface area (Å²) in [5.74, 6) is -2.65. The van der Waals surface area contributed by atoms with Crippen molar-refractivity contribution in [2.75, 3.05) is 19.8 Å². The van der Waals surface area contributed by atoms with Gasteiger partial charge >= 0.3 is 11.9 Å². The standard InChI is InChI=1S/C43H76NO10P/c1-3-5-7-9-11-13-15-17-19-20-21-23-25-27-29-31-33-35-42(46)54-39(37-52-55(49,50)53-38-40(44)43(47)48)36-51-41(45)34-32-30-28-26-24-22-18-16-14-12-10-8-6-4-2/h11,13,17,19,21,23,27,29,39-40H,3-10,12,14-16,18,20,22,24-26,28,30-38,44H2,1-2H3,(H,47,48)(H,49,50)/p-1/b13-11-,19-17-,23-21-,29-27-/t39-,40+/m1/s1. The Labute approximate surface area is 333 Å². The second-order valence-electron chi connectivity index (χ2n) is 14.2. The number of quaternary nitrogens is 1. The molecule has 0 saturated heterocycles. The van der Waals surface area contributed by atoms with E-state index in [0.717, 1.165) is 44.9 Å². The summed E-state index contributed by atoms with van der Waals surface area (Å²) >= 11 is 0. The average Bonchev–Trinajstić information content (AvgIpc) is 3.16. The van der Waals surface area contributed by atoms with Gasteiger partial charge in [0.2, 0.25) is 0 Å². The molecular formula is C43H75NO10P-. The van der Waals surface area contributed by atoms with Crippen LogP contribution < -0.4 is 15.7 Å². The summed E-state index contributed by atoms with van der Waals surface area (Å²) in [4.78, 5) is 48.0. The van der Waals surface area contributed by atoms with E-state index in [0.29, 0.717) is 19.3 Å². The lowest BCUT2D eigenvalue weighted by Gasteiger charge is -2.26. The van der Waals surface area contributed by atoms with E-state index in [-0.39, 0.29) is 12.8 Å². The molecule has 0 fully saturated rings. The van der Waals surface area contributed by atoms with Crippen molar-refractivity contribution >= 4 is 25.7 Å². The van der Waals surface area contributed by atoms with E-state index in [1.807, 2.05) is 12.2 Å². The highest BCUT2D eigenvalue weighted by atomic mass is 31.2.